The van der Waals surface area contributed by atoms with Crippen molar-refractivity contribution < 1.29 is 9.53 Å². The third-order valence-electron chi connectivity index (χ3n) is 3.10. The van der Waals surface area contributed by atoms with Crippen LogP contribution in [0.25, 0.3) is 15.9 Å². The molecular formula is C14H9ClN2O4S. The average Bonchev–Trinajstić information content (AvgIpc) is 2.95. The van der Waals surface area contributed by atoms with Gasteiger partial charge in [0, 0.05) is 10.4 Å². The highest BCUT2D eigenvalue weighted by Gasteiger charge is 2.14. The molecule has 0 bridgehead atoms. The summed E-state index contributed by atoms with van der Waals surface area (Å²) in [5, 5.41) is 2.79. The summed E-state index contributed by atoms with van der Waals surface area (Å²) in [6, 6.07) is 6.17. The molecule has 8 heteroatoms. The van der Waals surface area contributed by atoms with E-state index < -0.39 is 17.2 Å². The van der Waals surface area contributed by atoms with Gasteiger partial charge in [0.15, 0.2) is 0 Å². The Labute approximate surface area is 132 Å². The van der Waals surface area contributed by atoms with Gasteiger partial charge in [0.05, 0.1) is 23.6 Å². The summed E-state index contributed by atoms with van der Waals surface area (Å²) in [5.41, 5.74) is -0.383. The SMILES string of the molecule is COC(=O)c1csc(-n2c(=O)[nH]c(=O)c3ccc(Cl)cc32)c1. The Hall–Kier alpha value is -2.38. The van der Waals surface area contributed by atoms with Crippen LogP contribution in [0.5, 0.6) is 0 Å². The third-order valence-corrected chi connectivity index (χ3v) is 4.24. The molecule has 3 rings (SSSR count). The number of carbonyl (C=O) groups is 1. The van der Waals surface area contributed by atoms with Crippen LogP contribution in [0.15, 0.2) is 39.2 Å². The summed E-state index contributed by atoms with van der Waals surface area (Å²) in [6.07, 6.45) is 0. The molecule has 2 aromatic heterocycles. The standard InChI is InChI=1S/C14H9ClN2O4S/c1-21-13(19)7-4-11(22-6-7)17-10-5-8(15)2-3-9(10)12(18)16-14(17)20/h2-6H,1H3,(H,16,18,20). The predicted octanol–water partition coefficient (Wildman–Crippen LogP) is 2.18. The number of methoxy groups -OCH3 is 1. The molecule has 0 aliphatic heterocycles. The fraction of sp³-hybridized carbons (Fsp3) is 0.0714. The first-order valence-electron chi connectivity index (χ1n) is 6.13. The lowest BCUT2D eigenvalue weighted by Gasteiger charge is -2.07. The molecule has 2 heterocycles. The summed E-state index contributed by atoms with van der Waals surface area (Å²) >= 11 is 7.15. The van der Waals surface area contributed by atoms with Gasteiger partial charge >= 0.3 is 11.7 Å². The number of thiophene rings is 1. The summed E-state index contributed by atoms with van der Waals surface area (Å²) in [6.45, 7) is 0. The number of H-pyrrole nitrogens is 1. The van der Waals surface area contributed by atoms with Gasteiger partial charge in [-0.25, -0.2) is 9.59 Å². The number of aromatic amines is 1. The topological polar surface area (TPSA) is 81.2 Å². The van der Waals surface area contributed by atoms with Crippen molar-refractivity contribution in [2.75, 3.05) is 7.11 Å². The summed E-state index contributed by atoms with van der Waals surface area (Å²) < 4.78 is 5.95. The average molecular weight is 337 g/mol. The first-order chi connectivity index (χ1) is 10.5. The van der Waals surface area contributed by atoms with Crippen LogP contribution >= 0.6 is 22.9 Å². The Kier molecular flexibility index (Phi) is 3.59. The molecule has 6 nitrogen and oxygen atoms in total. The minimum absolute atomic E-state index is 0.329. The first-order valence-corrected chi connectivity index (χ1v) is 7.39. The van der Waals surface area contributed by atoms with Crippen molar-refractivity contribution >= 4 is 39.8 Å². The number of carbonyl (C=O) groups excluding carboxylic acids is 1. The van der Waals surface area contributed by atoms with Crippen molar-refractivity contribution in [3.05, 3.63) is 61.1 Å². The van der Waals surface area contributed by atoms with Crippen LogP contribution in [0, 0.1) is 0 Å². The molecule has 0 fully saturated rings. The summed E-state index contributed by atoms with van der Waals surface area (Å²) in [7, 11) is 1.28. The van der Waals surface area contributed by atoms with Crippen molar-refractivity contribution in [2.24, 2.45) is 0 Å². The van der Waals surface area contributed by atoms with E-state index in [2.05, 4.69) is 9.72 Å². The molecule has 0 unspecified atom stereocenters. The quantitative estimate of drug-likeness (QED) is 0.727. The van der Waals surface area contributed by atoms with Gasteiger partial charge in [-0.3, -0.25) is 14.3 Å². The Bertz CT molecular complexity index is 1000. The van der Waals surface area contributed by atoms with Crippen molar-refractivity contribution in [1.29, 1.82) is 0 Å². The number of hydrogen-bond acceptors (Lipinski definition) is 5. The zero-order valence-corrected chi connectivity index (χ0v) is 12.8. The minimum Gasteiger partial charge on any atom is -0.465 e. The van der Waals surface area contributed by atoms with Crippen molar-refractivity contribution in [3.63, 3.8) is 0 Å². The number of halogens is 1. The van der Waals surface area contributed by atoms with Crippen LogP contribution in [0.4, 0.5) is 0 Å². The maximum atomic E-state index is 12.2. The van der Waals surface area contributed by atoms with E-state index in [1.807, 2.05) is 0 Å². The molecule has 0 aliphatic rings. The maximum Gasteiger partial charge on any atom is 0.338 e. The van der Waals surface area contributed by atoms with Crippen molar-refractivity contribution in [2.45, 2.75) is 0 Å². The van der Waals surface area contributed by atoms with Crippen LogP contribution in [-0.2, 0) is 4.74 Å². The third kappa shape index (κ3) is 2.34. The number of aromatic nitrogens is 2. The lowest BCUT2D eigenvalue weighted by molar-refractivity contribution is 0.0601. The predicted molar refractivity (Wildman–Crippen MR) is 84.4 cm³/mol. The number of ether oxygens (including phenoxy) is 1. The number of nitrogens with zero attached hydrogens (tertiary/aromatic N) is 1. The Morgan fingerprint density at radius 3 is 2.82 bits per heavy atom. The highest BCUT2D eigenvalue weighted by Crippen LogP contribution is 2.23. The second-order valence-corrected chi connectivity index (χ2v) is 5.75. The lowest BCUT2D eigenvalue weighted by atomic mass is 10.2. The molecule has 0 amide bonds. The van der Waals surface area contributed by atoms with Crippen LogP contribution in [-0.4, -0.2) is 22.6 Å². The monoisotopic (exact) mass is 336 g/mol. The molecule has 0 radical (unpaired) electrons. The second-order valence-electron chi connectivity index (χ2n) is 4.42. The van der Waals surface area contributed by atoms with E-state index >= 15 is 0 Å². The van der Waals surface area contributed by atoms with Gasteiger partial charge in [0.1, 0.15) is 5.00 Å². The minimum atomic E-state index is -0.599. The van der Waals surface area contributed by atoms with Gasteiger partial charge in [-0.1, -0.05) is 11.6 Å². The van der Waals surface area contributed by atoms with Gasteiger partial charge in [-0.2, -0.15) is 0 Å². The maximum absolute atomic E-state index is 12.2. The van der Waals surface area contributed by atoms with E-state index in [4.69, 9.17) is 11.6 Å². The zero-order chi connectivity index (χ0) is 15.9. The fourth-order valence-corrected chi connectivity index (χ4v) is 3.16. The van der Waals surface area contributed by atoms with Gasteiger partial charge in [-0.15, -0.1) is 11.3 Å². The van der Waals surface area contributed by atoms with Gasteiger partial charge in [0.25, 0.3) is 5.56 Å². The van der Waals surface area contributed by atoms with Crippen LogP contribution < -0.4 is 11.2 Å². The zero-order valence-electron chi connectivity index (χ0n) is 11.3. The molecule has 1 aromatic carbocycles. The molecular weight excluding hydrogens is 328 g/mol. The van der Waals surface area contributed by atoms with Crippen LogP contribution in [0.1, 0.15) is 10.4 Å². The van der Waals surface area contributed by atoms with Crippen LogP contribution in [0.3, 0.4) is 0 Å². The largest absolute Gasteiger partial charge is 0.465 e. The van der Waals surface area contributed by atoms with Gasteiger partial charge < -0.3 is 4.74 Å². The molecule has 0 saturated heterocycles. The smallest absolute Gasteiger partial charge is 0.338 e. The Balaban J connectivity index is 2.33. The lowest BCUT2D eigenvalue weighted by Crippen LogP contribution is -2.28. The number of nitrogens with one attached hydrogen (secondary N) is 1. The molecule has 0 aliphatic carbocycles. The normalized spacial score (nSPS) is 10.8. The van der Waals surface area contributed by atoms with E-state index in [9.17, 15) is 14.4 Å². The van der Waals surface area contributed by atoms with E-state index in [0.717, 1.165) is 0 Å². The second kappa shape index (κ2) is 5.43. The number of fused-ring (bicyclic) bond motifs is 1. The van der Waals surface area contributed by atoms with Crippen molar-refractivity contribution in [1.82, 2.24) is 9.55 Å². The molecule has 0 atom stereocenters. The fourth-order valence-electron chi connectivity index (χ4n) is 2.10. The highest BCUT2D eigenvalue weighted by atomic mass is 35.5. The van der Waals surface area contributed by atoms with Crippen molar-refractivity contribution in [3.8, 4) is 5.00 Å². The summed E-state index contributed by atoms with van der Waals surface area (Å²) in [4.78, 5) is 37.8. The molecule has 1 N–H and O–H groups in total. The molecule has 0 spiro atoms. The number of hydrogen-bond donors (Lipinski definition) is 1. The Morgan fingerprint density at radius 1 is 1.32 bits per heavy atom. The van der Waals surface area contributed by atoms with E-state index in [1.165, 1.54) is 35.1 Å². The number of esters is 1. The van der Waals surface area contributed by atoms with E-state index in [0.29, 0.717) is 26.5 Å². The molecule has 0 saturated carbocycles. The number of benzene rings is 1. The molecule has 3 aromatic rings. The van der Waals surface area contributed by atoms with E-state index in [-0.39, 0.29) is 0 Å². The first kappa shape index (κ1) is 14.6. The molecule has 112 valence electrons. The van der Waals surface area contributed by atoms with E-state index in [1.54, 1.807) is 17.5 Å². The Morgan fingerprint density at radius 2 is 2.09 bits per heavy atom. The highest BCUT2D eigenvalue weighted by molar-refractivity contribution is 7.12. The van der Waals surface area contributed by atoms with Crippen LogP contribution in [0.2, 0.25) is 5.02 Å². The van der Waals surface area contributed by atoms with Gasteiger partial charge in [-0.05, 0) is 24.3 Å². The number of rotatable bonds is 2. The molecule has 22 heavy (non-hydrogen) atoms. The summed E-state index contributed by atoms with van der Waals surface area (Å²) in [5.74, 6) is -0.498. The van der Waals surface area contributed by atoms with Gasteiger partial charge in [0.2, 0.25) is 0 Å².